The third-order valence-electron chi connectivity index (χ3n) is 9.49. The van der Waals surface area contributed by atoms with Gasteiger partial charge in [0.1, 0.15) is 12.7 Å². The molecule has 21 heteroatoms. The van der Waals surface area contributed by atoms with Gasteiger partial charge < -0.3 is 43.0 Å². The quantitative estimate of drug-likeness (QED) is 0.0480. The number of carbonyl (C=O) groups is 2. The minimum atomic E-state index is -3.98. The van der Waals surface area contributed by atoms with Crippen LogP contribution >= 0.6 is 15.2 Å². The Morgan fingerprint density at radius 1 is 0.606 bits per heavy atom. The van der Waals surface area contributed by atoms with Crippen LogP contribution in [0.5, 0.6) is 0 Å². The third-order valence-corrected chi connectivity index (χ3v) is 13.4. The molecule has 0 spiro atoms. The van der Waals surface area contributed by atoms with Crippen molar-refractivity contribution in [3.63, 3.8) is 0 Å². The van der Waals surface area contributed by atoms with E-state index in [1.165, 1.54) is 24.3 Å². The molecule has 0 radical (unpaired) electrons. The first kappa shape index (κ1) is 49.6. The predicted molar refractivity (Wildman–Crippen MR) is 251 cm³/mol. The van der Waals surface area contributed by atoms with Gasteiger partial charge in [0, 0.05) is 35.9 Å². The van der Waals surface area contributed by atoms with Crippen molar-refractivity contribution >= 4 is 61.0 Å². The van der Waals surface area contributed by atoms with E-state index in [4.69, 9.17) is 18.1 Å². The maximum absolute atomic E-state index is 14.5. The molecule has 3 unspecified atom stereocenters. The summed E-state index contributed by atoms with van der Waals surface area (Å²) >= 11 is 0. The number of anilines is 2. The summed E-state index contributed by atoms with van der Waals surface area (Å²) < 4.78 is 55.4. The van der Waals surface area contributed by atoms with E-state index < -0.39 is 33.5 Å². The standard InChI is InChI=1S/C45H56N10O9P2/c1-31(2)61-65(59,62-32(3)4)26-14-20-37(22-24-55-30-51-39-41(47-28-49-43(39)55)53-45(58)35-17-11-8-12-18-35)64-66(60,63-33(5)6)25-13-19-36(56)21-23-54-29-50-38-40(46-27-48-42(38)54)52-44(57)34-15-9-7-10-16-34/h7-18,25-33,36-37,56H,19-24H2,1-6H3,(H,46,48,52,57)(H,47,49,53,58)/b25-13+,26-14+. The van der Waals surface area contributed by atoms with Crippen molar-refractivity contribution in [3.8, 4) is 0 Å². The van der Waals surface area contributed by atoms with Crippen LogP contribution in [0.4, 0.5) is 11.6 Å². The molecule has 6 aromatic rings. The monoisotopic (exact) mass is 942 g/mol. The van der Waals surface area contributed by atoms with Crippen molar-refractivity contribution in [1.29, 1.82) is 0 Å². The number of aromatic nitrogens is 8. The molecule has 0 aliphatic rings. The Morgan fingerprint density at radius 3 is 1.48 bits per heavy atom. The number of aliphatic hydroxyl groups excluding tert-OH is 1. The molecule has 0 fully saturated rings. The molecule has 4 heterocycles. The summed E-state index contributed by atoms with van der Waals surface area (Å²) in [5.74, 6) is 2.56. The molecule has 4 aromatic heterocycles. The van der Waals surface area contributed by atoms with Gasteiger partial charge in [-0.3, -0.25) is 18.7 Å². The Bertz CT molecular complexity index is 2700. The number of rotatable bonds is 24. The maximum Gasteiger partial charge on any atom is 0.354 e. The van der Waals surface area contributed by atoms with Crippen LogP contribution < -0.4 is 10.6 Å². The molecule has 350 valence electrons. The van der Waals surface area contributed by atoms with Crippen molar-refractivity contribution in [2.45, 2.75) is 111 Å². The van der Waals surface area contributed by atoms with Gasteiger partial charge in [0.05, 0.1) is 43.2 Å². The highest BCUT2D eigenvalue weighted by atomic mass is 31.2. The van der Waals surface area contributed by atoms with E-state index in [0.717, 1.165) is 0 Å². The molecule has 2 aromatic carbocycles. The van der Waals surface area contributed by atoms with E-state index in [1.807, 2.05) is 12.1 Å². The van der Waals surface area contributed by atoms with Crippen LogP contribution in [0.3, 0.4) is 0 Å². The average molecular weight is 943 g/mol. The summed E-state index contributed by atoms with van der Waals surface area (Å²) in [7, 11) is -7.65. The largest absolute Gasteiger partial charge is 0.393 e. The summed E-state index contributed by atoms with van der Waals surface area (Å²) in [5.41, 5.74) is 2.63. The van der Waals surface area contributed by atoms with E-state index in [-0.39, 0.29) is 67.9 Å². The number of nitrogens with one attached hydrogen (secondary N) is 2. The van der Waals surface area contributed by atoms with Crippen LogP contribution in [-0.2, 0) is 40.3 Å². The zero-order valence-electron chi connectivity index (χ0n) is 37.7. The Morgan fingerprint density at radius 2 is 1.03 bits per heavy atom. The molecule has 0 aliphatic carbocycles. The number of fused-ring (bicyclic) bond motifs is 2. The SMILES string of the molecule is CC(C)OP(=O)(/C=C/CC(CCn1cnc2c(NC(=O)c3ccccc3)ncnc21)OP(=O)(/C=C/CC(O)CCn1cnc2c(NC(=O)c3ccccc3)ncnc21)OC(C)C)OC(C)C. The lowest BCUT2D eigenvalue weighted by atomic mass is 10.2. The van der Waals surface area contributed by atoms with Gasteiger partial charge >= 0.3 is 15.2 Å². The summed E-state index contributed by atoms with van der Waals surface area (Å²) in [6.07, 6.45) is 6.89. The van der Waals surface area contributed by atoms with E-state index in [2.05, 4.69) is 40.5 Å². The number of hydrogen-bond donors (Lipinski definition) is 3. The number of hydrogen-bond acceptors (Lipinski definition) is 15. The van der Waals surface area contributed by atoms with Gasteiger partial charge in [-0.1, -0.05) is 48.6 Å². The normalized spacial score (nSPS) is 14.2. The van der Waals surface area contributed by atoms with Gasteiger partial charge in [-0.2, -0.15) is 0 Å². The van der Waals surface area contributed by atoms with Crippen LogP contribution in [0, 0.1) is 0 Å². The minimum absolute atomic E-state index is 0.117. The molecule has 66 heavy (non-hydrogen) atoms. The van der Waals surface area contributed by atoms with Crippen LogP contribution in [-0.4, -0.2) is 86.5 Å². The molecule has 3 atom stereocenters. The Hall–Kier alpha value is -5.78. The number of benzene rings is 2. The lowest BCUT2D eigenvalue weighted by molar-refractivity contribution is 0.101. The molecule has 0 aliphatic heterocycles. The molecule has 3 N–H and O–H groups in total. The highest BCUT2D eigenvalue weighted by Crippen LogP contribution is 2.54. The van der Waals surface area contributed by atoms with E-state index in [0.29, 0.717) is 40.0 Å². The van der Waals surface area contributed by atoms with E-state index >= 15 is 0 Å². The topological polar surface area (TPSA) is 237 Å². The third kappa shape index (κ3) is 14.1. The fourth-order valence-electron chi connectivity index (χ4n) is 6.68. The fourth-order valence-corrected chi connectivity index (χ4v) is 10.2. The summed E-state index contributed by atoms with van der Waals surface area (Å²) in [5, 5.41) is 16.7. The molecule has 0 saturated heterocycles. The molecule has 2 amide bonds. The van der Waals surface area contributed by atoms with Crippen molar-refractivity contribution in [2.24, 2.45) is 0 Å². The number of aryl methyl sites for hydroxylation is 2. The van der Waals surface area contributed by atoms with Crippen LogP contribution in [0.1, 0.15) is 87.9 Å². The number of amides is 2. The Kier molecular flexibility index (Phi) is 17.4. The van der Waals surface area contributed by atoms with Gasteiger partial charge in [-0.25, -0.2) is 29.9 Å². The van der Waals surface area contributed by atoms with Gasteiger partial charge in [0.2, 0.25) is 0 Å². The first-order valence-corrected chi connectivity index (χ1v) is 24.8. The second-order valence-electron chi connectivity index (χ2n) is 16.0. The van der Waals surface area contributed by atoms with Crippen LogP contribution in [0.2, 0.25) is 0 Å². The fraction of sp³-hybridized carbons (Fsp3) is 0.378. The zero-order chi connectivity index (χ0) is 47.3. The number of imidazole rings is 2. The predicted octanol–water partition coefficient (Wildman–Crippen LogP) is 9.17. The summed E-state index contributed by atoms with van der Waals surface area (Å²) in [4.78, 5) is 51.9. The molecule has 19 nitrogen and oxygen atoms in total. The van der Waals surface area contributed by atoms with Crippen LogP contribution in [0.15, 0.2) is 110 Å². The van der Waals surface area contributed by atoms with E-state index in [9.17, 15) is 23.8 Å². The minimum Gasteiger partial charge on any atom is -0.393 e. The van der Waals surface area contributed by atoms with Crippen molar-refractivity contribution in [3.05, 3.63) is 121 Å². The molecule has 0 bridgehead atoms. The second kappa shape index (κ2) is 23.1. The smallest absolute Gasteiger partial charge is 0.354 e. The Balaban J connectivity index is 1.15. The van der Waals surface area contributed by atoms with Gasteiger partial charge in [-0.15, -0.1) is 0 Å². The van der Waals surface area contributed by atoms with Crippen molar-refractivity contribution in [2.75, 3.05) is 10.6 Å². The number of carbonyl (C=O) groups excluding carboxylic acids is 2. The van der Waals surface area contributed by atoms with Gasteiger partial charge in [-0.05, 0) is 91.5 Å². The van der Waals surface area contributed by atoms with E-state index in [1.54, 1.807) is 124 Å². The maximum atomic E-state index is 14.5. The summed E-state index contributed by atoms with van der Waals surface area (Å²) in [6, 6.07) is 17.5. The van der Waals surface area contributed by atoms with Gasteiger partial charge in [0.15, 0.2) is 34.0 Å². The Labute approximate surface area is 383 Å². The molecular weight excluding hydrogens is 887 g/mol. The first-order valence-electron chi connectivity index (χ1n) is 21.6. The second-order valence-corrected chi connectivity index (χ2v) is 19.6. The summed E-state index contributed by atoms with van der Waals surface area (Å²) in [6.45, 7) is 11.1. The highest BCUT2D eigenvalue weighted by Gasteiger charge is 2.29. The highest BCUT2D eigenvalue weighted by molar-refractivity contribution is 7.57. The molecule has 0 saturated carbocycles. The number of aliphatic hydroxyl groups is 1. The molecular formula is C45H56N10O9P2. The van der Waals surface area contributed by atoms with Gasteiger partial charge in [0.25, 0.3) is 11.8 Å². The molecule has 6 rings (SSSR count). The number of nitrogens with zero attached hydrogens (tertiary/aromatic N) is 8. The first-order chi connectivity index (χ1) is 31.6. The lowest BCUT2D eigenvalue weighted by Crippen LogP contribution is -2.16. The lowest BCUT2D eigenvalue weighted by Gasteiger charge is -2.24. The van der Waals surface area contributed by atoms with Crippen LogP contribution in [0.25, 0.3) is 22.3 Å². The van der Waals surface area contributed by atoms with Crippen molar-refractivity contribution in [1.82, 2.24) is 39.0 Å². The van der Waals surface area contributed by atoms with Crippen molar-refractivity contribution < 1.29 is 41.9 Å². The zero-order valence-corrected chi connectivity index (χ0v) is 39.5. The average Bonchev–Trinajstić information content (AvgIpc) is 3.89.